The molecule has 13 heavy (non-hydrogen) atoms. The van der Waals surface area contributed by atoms with E-state index in [0.29, 0.717) is 11.6 Å². The van der Waals surface area contributed by atoms with Crippen LogP contribution in [-0.4, -0.2) is 25.4 Å². The molecular weight excluding hydrogens is 172 g/mol. The van der Waals surface area contributed by atoms with Crippen molar-refractivity contribution < 1.29 is 9.90 Å². The topological polar surface area (TPSA) is 93.5 Å². The Kier molecular flexibility index (Phi) is 1.42. The second-order valence-electron chi connectivity index (χ2n) is 2.50. The number of nitrogens with zero attached hydrogens (tertiary/aromatic N) is 3. The Hall–Kier alpha value is -2.11. The van der Waals surface area contributed by atoms with Crippen molar-refractivity contribution in [3.63, 3.8) is 0 Å². The molecule has 0 aliphatic heterocycles. The molecule has 0 bridgehead atoms. The number of carbonyl (C=O) groups is 1. The van der Waals surface area contributed by atoms with Crippen LogP contribution in [-0.2, 0) is 0 Å². The van der Waals surface area contributed by atoms with Gasteiger partial charge in [0.2, 0.25) is 5.78 Å². The molecule has 3 N–H and O–H groups in total. The number of fused-ring (bicyclic) bond motifs is 1. The second-order valence-corrected chi connectivity index (χ2v) is 2.50. The third kappa shape index (κ3) is 1.08. The molecule has 0 atom stereocenters. The maximum atomic E-state index is 10.6. The lowest BCUT2D eigenvalue weighted by Crippen LogP contribution is -2.02. The van der Waals surface area contributed by atoms with Gasteiger partial charge >= 0.3 is 5.97 Å². The van der Waals surface area contributed by atoms with Crippen LogP contribution >= 0.6 is 0 Å². The summed E-state index contributed by atoms with van der Waals surface area (Å²) in [6, 6.07) is 0. The molecule has 0 unspecified atom stereocenters. The zero-order chi connectivity index (χ0) is 9.42. The number of aromatic nitrogens is 3. The SMILES string of the molecule is Nc1cnc2ncc(C(=O)O)cn12. The molecule has 0 spiro atoms. The van der Waals surface area contributed by atoms with E-state index in [1.807, 2.05) is 0 Å². The van der Waals surface area contributed by atoms with E-state index in [9.17, 15) is 4.79 Å². The van der Waals surface area contributed by atoms with Gasteiger partial charge in [-0.3, -0.25) is 4.40 Å². The molecule has 2 heterocycles. The predicted octanol–water partition coefficient (Wildman–Crippen LogP) is 0.00970. The Bertz CT molecular complexity index is 476. The van der Waals surface area contributed by atoms with Gasteiger partial charge in [0.1, 0.15) is 5.82 Å². The zero-order valence-electron chi connectivity index (χ0n) is 6.51. The number of nitrogen functional groups attached to an aromatic ring is 1. The van der Waals surface area contributed by atoms with Gasteiger partial charge in [-0.15, -0.1) is 0 Å². The van der Waals surface area contributed by atoms with Gasteiger partial charge in [-0.1, -0.05) is 0 Å². The van der Waals surface area contributed by atoms with Crippen LogP contribution in [0.3, 0.4) is 0 Å². The largest absolute Gasteiger partial charge is 0.478 e. The maximum Gasteiger partial charge on any atom is 0.338 e. The van der Waals surface area contributed by atoms with Crippen molar-refractivity contribution in [2.45, 2.75) is 0 Å². The molecule has 0 saturated carbocycles. The predicted molar refractivity (Wildman–Crippen MR) is 44.4 cm³/mol. The van der Waals surface area contributed by atoms with Crippen LogP contribution < -0.4 is 5.73 Å². The first-order valence-corrected chi connectivity index (χ1v) is 3.50. The van der Waals surface area contributed by atoms with E-state index in [4.69, 9.17) is 10.8 Å². The summed E-state index contributed by atoms with van der Waals surface area (Å²) in [6.07, 6.45) is 4.05. The van der Waals surface area contributed by atoms with E-state index in [1.165, 1.54) is 23.0 Å². The number of carboxylic acids is 1. The minimum Gasteiger partial charge on any atom is -0.478 e. The molecule has 2 aromatic rings. The van der Waals surface area contributed by atoms with E-state index in [2.05, 4.69) is 9.97 Å². The maximum absolute atomic E-state index is 10.6. The molecule has 66 valence electrons. The smallest absolute Gasteiger partial charge is 0.338 e. The number of carboxylic acid groups (broad SMARTS) is 1. The van der Waals surface area contributed by atoms with Gasteiger partial charge in [-0.25, -0.2) is 14.8 Å². The number of nitrogens with two attached hydrogens (primary N) is 1. The van der Waals surface area contributed by atoms with Crippen LogP contribution in [0.1, 0.15) is 10.4 Å². The highest BCUT2D eigenvalue weighted by molar-refractivity contribution is 5.87. The number of anilines is 1. The highest BCUT2D eigenvalue weighted by Crippen LogP contribution is 2.07. The van der Waals surface area contributed by atoms with Crippen molar-refractivity contribution in [1.29, 1.82) is 0 Å². The minimum atomic E-state index is -1.04. The zero-order valence-corrected chi connectivity index (χ0v) is 6.51. The lowest BCUT2D eigenvalue weighted by atomic mass is 10.3. The Labute approximate surface area is 72.6 Å². The summed E-state index contributed by atoms with van der Waals surface area (Å²) in [7, 11) is 0. The highest BCUT2D eigenvalue weighted by atomic mass is 16.4. The van der Waals surface area contributed by atoms with E-state index < -0.39 is 5.97 Å². The summed E-state index contributed by atoms with van der Waals surface area (Å²) in [4.78, 5) is 18.2. The van der Waals surface area contributed by atoms with Crippen molar-refractivity contribution in [3.05, 3.63) is 24.2 Å². The molecule has 0 saturated heterocycles. The van der Waals surface area contributed by atoms with E-state index in [-0.39, 0.29) is 5.56 Å². The van der Waals surface area contributed by atoms with Crippen molar-refractivity contribution in [3.8, 4) is 0 Å². The molecule has 0 aliphatic rings. The number of hydrogen-bond acceptors (Lipinski definition) is 4. The van der Waals surface area contributed by atoms with E-state index in [1.54, 1.807) is 0 Å². The quantitative estimate of drug-likeness (QED) is 0.641. The second kappa shape index (κ2) is 2.44. The van der Waals surface area contributed by atoms with Crippen LogP contribution in [0.5, 0.6) is 0 Å². The van der Waals surface area contributed by atoms with Crippen LogP contribution in [0.2, 0.25) is 0 Å². The fourth-order valence-corrected chi connectivity index (χ4v) is 1.00. The third-order valence-corrected chi connectivity index (χ3v) is 1.64. The number of rotatable bonds is 1. The molecular formula is C7H6N4O2. The number of hydrogen-bond donors (Lipinski definition) is 2. The Morgan fingerprint density at radius 3 is 2.85 bits per heavy atom. The average molecular weight is 178 g/mol. The number of imidazole rings is 1. The molecule has 0 fully saturated rings. The molecule has 2 rings (SSSR count). The first-order chi connectivity index (χ1) is 6.18. The average Bonchev–Trinajstić information content (AvgIpc) is 2.47. The Morgan fingerprint density at radius 2 is 2.15 bits per heavy atom. The van der Waals surface area contributed by atoms with Crippen LogP contribution in [0, 0.1) is 0 Å². The highest BCUT2D eigenvalue weighted by Gasteiger charge is 2.06. The summed E-state index contributed by atoms with van der Waals surface area (Å²) < 4.78 is 1.42. The van der Waals surface area contributed by atoms with Gasteiger partial charge < -0.3 is 10.8 Å². The van der Waals surface area contributed by atoms with Crippen molar-refractivity contribution in [1.82, 2.24) is 14.4 Å². The molecule has 2 aromatic heterocycles. The summed E-state index contributed by atoms with van der Waals surface area (Å²) in [5.74, 6) is -0.282. The molecule has 0 amide bonds. The van der Waals surface area contributed by atoms with Gasteiger partial charge in [-0.2, -0.15) is 0 Å². The fourth-order valence-electron chi connectivity index (χ4n) is 1.00. The lowest BCUT2D eigenvalue weighted by Gasteiger charge is -1.96. The van der Waals surface area contributed by atoms with Crippen LogP contribution in [0.15, 0.2) is 18.6 Å². The summed E-state index contributed by atoms with van der Waals surface area (Å²) >= 11 is 0. The van der Waals surface area contributed by atoms with Crippen LogP contribution in [0.25, 0.3) is 5.78 Å². The molecule has 6 heteroatoms. The van der Waals surface area contributed by atoms with Gasteiger partial charge in [0.15, 0.2) is 0 Å². The first-order valence-electron chi connectivity index (χ1n) is 3.50. The normalized spacial score (nSPS) is 10.5. The van der Waals surface area contributed by atoms with Crippen molar-refractivity contribution >= 4 is 17.6 Å². The summed E-state index contributed by atoms with van der Waals surface area (Å²) in [5.41, 5.74) is 5.59. The third-order valence-electron chi connectivity index (χ3n) is 1.64. The minimum absolute atomic E-state index is 0.0807. The van der Waals surface area contributed by atoms with Crippen molar-refractivity contribution in [2.75, 3.05) is 5.73 Å². The fraction of sp³-hybridized carbons (Fsp3) is 0. The van der Waals surface area contributed by atoms with E-state index >= 15 is 0 Å². The van der Waals surface area contributed by atoms with Crippen LogP contribution in [0.4, 0.5) is 5.82 Å². The summed E-state index contributed by atoms with van der Waals surface area (Å²) in [6.45, 7) is 0. The standard InChI is InChI=1S/C7H6N4O2/c8-5-2-10-7-9-1-4(6(12)13)3-11(5)7/h1-3H,8H2,(H,12,13). The Balaban J connectivity index is 2.72. The first kappa shape index (κ1) is 7.53. The van der Waals surface area contributed by atoms with E-state index in [0.717, 1.165) is 0 Å². The van der Waals surface area contributed by atoms with Gasteiger partial charge in [0.05, 0.1) is 11.8 Å². The van der Waals surface area contributed by atoms with Gasteiger partial charge in [0.25, 0.3) is 0 Å². The van der Waals surface area contributed by atoms with Crippen molar-refractivity contribution in [2.24, 2.45) is 0 Å². The summed E-state index contributed by atoms with van der Waals surface area (Å²) in [5, 5.41) is 8.66. The lowest BCUT2D eigenvalue weighted by molar-refractivity contribution is 0.0696. The molecule has 0 aromatic carbocycles. The monoisotopic (exact) mass is 178 g/mol. The molecule has 6 nitrogen and oxygen atoms in total. The van der Waals surface area contributed by atoms with Gasteiger partial charge in [-0.05, 0) is 0 Å². The number of aromatic carboxylic acids is 1. The Morgan fingerprint density at radius 1 is 1.46 bits per heavy atom. The molecule has 0 aliphatic carbocycles. The molecule has 0 radical (unpaired) electrons. The van der Waals surface area contributed by atoms with Gasteiger partial charge in [0, 0.05) is 12.4 Å².